The second-order valence-corrected chi connectivity index (χ2v) is 8.31. The number of carboxylic acid groups (broad SMARTS) is 1. The van der Waals surface area contributed by atoms with Gasteiger partial charge in [0.25, 0.3) is 0 Å². The molecule has 2 rings (SSSR count). The summed E-state index contributed by atoms with van der Waals surface area (Å²) in [6.45, 7) is 1.85. The number of benzene rings is 1. The molecule has 8 heteroatoms. The van der Waals surface area contributed by atoms with Gasteiger partial charge < -0.3 is 5.11 Å². The highest BCUT2D eigenvalue weighted by molar-refractivity contribution is 9.10. The van der Waals surface area contributed by atoms with E-state index in [1.54, 1.807) is 12.1 Å². The van der Waals surface area contributed by atoms with Crippen LogP contribution in [0.5, 0.6) is 0 Å². The van der Waals surface area contributed by atoms with Crippen LogP contribution in [0.15, 0.2) is 33.6 Å². The molecule has 2 atom stereocenters. The Morgan fingerprint density at radius 3 is 2.55 bits per heavy atom. The number of aliphatic carboxylic acids is 1. The fourth-order valence-electron chi connectivity index (χ4n) is 2.08. The smallest absolute Gasteiger partial charge is 0.322 e. The van der Waals surface area contributed by atoms with Gasteiger partial charge in [-0.2, -0.15) is 4.31 Å². The van der Waals surface area contributed by atoms with Crippen molar-refractivity contribution in [2.45, 2.75) is 29.7 Å². The van der Waals surface area contributed by atoms with E-state index in [0.29, 0.717) is 6.42 Å². The summed E-state index contributed by atoms with van der Waals surface area (Å²) in [7, 11) is -3.80. The lowest BCUT2D eigenvalue weighted by atomic mass is 10.3. The number of halogens is 1. The van der Waals surface area contributed by atoms with Crippen molar-refractivity contribution >= 4 is 43.7 Å². The van der Waals surface area contributed by atoms with E-state index in [9.17, 15) is 18.3 Å². The van der Waals surface area contributed by atoms with Gasteiger partial charge in [-0.05, 0) is 30.7 Å². The average Bonchev–Trinajstić information content (AvgIpc) is 2.84. The maximum Gasteiger partial charge on any atom is 0.322 e. The highest BCUT2D eigenvalue weighted by Crippen LogP contribution is 2.36. The molecule has 2 unspecified atom stereocenters. The molecule has 1 aromatic rings. The van der Waals surface area contributed by atoms with Crippen molar-refractivity contribution in [1.82, 2.24) is 4.31 Å². The van der Waals surface area contributed by atoms with Crippen LogP contribution in [0.4, 0.5) is 0 Å². The number of hydrogen-bond donors (Lipinski definition) is 1. The van der Waals surface area contributed by atoms with E-state index in [1.807, 2.05) is 6.92 Å². The summed E-state index contributed by atoms with van der Waals surface area (Å²) < 4.78 is 27.2. The predicted molar refractivity (Wildman–Crippen MR) is 81.1 cm³/mol. The summed E-state index contributed by atoms with van der Waals surface area (Å²) in [6, 6.07) is 5.22. The number of carboxylic acids is 1. The van der Waals surface area contributed by atoms with E-state index in [0.717, 1.165) is 8.78 Å². The highest BCUT2D eigenvalue weighted by Gasteiger charge is 2.45. The number of sulfonamides is 1. The van der Waals surface area contributed by atoms with E-state index < -0.39 is 22.0 Å². The maximum atomic E-state index is 12.7. The summed E-state index contributed by atoms with van der Waals surface area (Å²) in [4.78, 5) is 11.4. The van der Waals surface area contributed by atoms with E-state index in [-0.39, 0.29) is 16.0 Å². The minimum Gasteiger partial charge on any atom is -0.480 e. The summed E-state index contributed by atoms with van der Waals surface area (Å²) in [5.74, 6) is -0.821. The first-order valence-electron chi connectivity index (χ1n) is 6.01. The van der Waals surface area contributed by atoms with Crippen LogP contribution in [0, 0.1) is 0 Å². The average molecular weight is 380 g/mol. The molecule has 5 nitrogen and oxygen atoms in total. The van der Waals surface area contributed by atoms with Crippen LogP contribution in [-0.2, 0) is 14.8 Å². The molecule has 1 N–H and O–H groups in total. The molecule has 1 aromatic carbocycles. The van der Waals surface area contributed by atoms with Gasteiger partial charge in [0.15, 0.2) is 0 Å². The van der Waals surface area contributed by atoms with E-state index >= 15 is 0 Å². The molecule has 1 aliphatic rings. The molecule has 0 spiro atoms. The summed E-state index contributed by atoms with van der Waals surface area (Å²) in [6.07, 6.45) is 0.574. The zero-order chi connectivity index (χ0) is 14.9. The fourth-order valence-corrected chi connectivity index (χ4v) is 5.88. The van der Waals surface area contributed by atoms with E-state index in [4.69, 9.17) is 0 Å². The number of hydrogen-bond acceptors (Lipinski definition) is 4. The largest absolute Gasteiger partial charge is 0.480 e. The third kappa shape index (κ3) is 2.88. The molecule has 0 bridgehead atoms. The Balaban J connectivity index is 2.44. The standard InChI is InChI=1S/C12H14BrNO4S2/c1-2-11-14(10(7-19-11)12(15)16)20(17,18)9-5-3-8(13)4-6-9/h3-6,10-11H,2,7H2,1H3,(H,15,16). The second-order valence-electron chi connectivity index (χ2n) is 4.34. The van der Waals surface area contributed by atoms with Crippen molar-refractivity contribution in [1.29, 1.82) is 0 Å². The SMILES string of the molecule is CCC1SCC(C(=O)O)N1S(=O)(=O)c1ccc(Br)cc1. The minimum absolute atomic E-state index is 0.118. The molecule has 0 radical (unpaired) electrons. The zero-order valence-electron chi connectivity index (χ0n) is 10.7. The number of nitrogens with zero attached hydrogens (tertiary/aromatic N) is 1. The highest BCUT2D eigenvalue weighted by atomic mass is 79.9. The lowest BCUT2D eigenvalue weighted by Crippen LogP contribution is -2.45. The van der Waals surface area contributed by atoms with Gasteiger partial charge in [-0.3, -0.25) is 4.79 Å². The summed E-state index contributed by atoms with van der Waals surface area (Å²) in [5, 5.41) is 8.90. The minimum atomic E-state index is -3.80. The van der Waals surface area contributed by atoms with Gasteiger partial charge >= 0.3 is 5.97 Å². The Labute approximate surface area is 130 Å². The topological polar surface area (TPSA) is 74.7 Å². The third-order valence-corrected chi connectivity index (χ3v) is 7.11. The molecule has 20 heavy (non-hydrogen) atoms. The third-order valence-electron chi connectivity index (χ3n) is 3.06. The van der Waals surface area contributed by atoms with Crippen LogP contribution >= 0.6 is 27.7 Å². The first kappa shape index (κ1) is 15.8. The summed E-state index contributed by atoms with van der Waals surface area (Å²) in [5.41, 5.74) is 0. The molecule has 1 heterocycles. The van der Waals surface area contributed by atoms with E-state index in [1.165, 1.54) is 23.9 Å². The van der Waals surface area contributed by atoms with Gasteiger partial charge in [-0.25, -0.2) is 8.42 Å². The van der Waals surface area contributed by atoms with Crippen molar-refractivity contribution in [3.8, 4) is 0 Å². The number of rotatable bonds is 4. The molecular formula is C12H14BrNO4S2. The summed E-state index contributed by atoms with van der Waals surface area (Å²) >= 11 is 4.62. The Kier molecular flexibility index (Phi) is 4.78. The van der Waals surface area contributed by atoms with Crippen molar-refractivity contribution in [3.63, 3.8) is 0 Å². The molecule has 1 saturated heterocycles. The first-order chi connectivity index (χ1) is 9.37. The maximum absolute atomic E-state index is 12.7. The first-order valence-corrected chi connectivity index (χ1v) is 9.29. The van der Waals surface area contributed by atoms with Gasteiger partial charge in [0.1, 0.15) is 6.04 Å². The Morgan fingerprint density at radius 2 is 2.05 bits per heavy atom. The fraction of sp³-hybridized carbons (Fsp3) is 0.417. The van der Waals surface area contributed by atoms with Crippen LogP contribution in [0.25, 0.3) is 0 Å². The molecule has 0 amide bonds. The molecule has 0 aliphatic carbocycles. The lowest BCUT2D eigenvalue weighted by Gasteiger charge is -2.25. The Morgan fingerprint density at radius 1 is 1.45 bits per heavy atom. The van der Waals surface area contributed by atoms with Crippen LogP contribution < -0.4 is 0 Å². The number of thioether (sulfide) groups is 1. The van der Waals surface area contributed by atoms with Crippen molar-refractivity contribution < 1.29 is 18.3 Å². The van der Waals surface area contributed by atoms with Crippen LogP contribution in [0.1, 0.15) is 13.3 Å². The van der Waals surface area contributed by atoms with Crippen molar-refractivity contribution in [2.75, 3.05) is 5.75 Å². The molecule has 0 aromatic heterocycles. The Bertz CT molecular complexity index is 602. The Hall–Kier alpha value is -0.570. The number of carbonyl (C=O) groups is 1. The molecule has 0 saturated carbocycles. The van der Waals surface area contributed by atoms with Crippen LogP contribution in [0.3, 0.4) is 0 Å². The second kappa shape index (κ2) is 6.05. The van der Waals surface area contributed by atoms with Crippen LogP contribution in [0.2, 0.25) is 0 Å². The van der Waals surface area contributed by atoms with Gasteiger partial charge in [0.2, 0.25) is 10.0 Å². The molecular weight excluding hydrogens is 366 g/mol. The normalized spacial score (nSPS) is 23.9. The quantitative estimate of drug-likeness (QED) is 0.868. The van der Waals surface area contributed by atoms with Crippen molar-refractivity contribution in [2.24, 2.45) is 0 Å². The van der Waals surface area contributed by atoms with Crippen molar-refractivity contribution in [3.05, 3.63) is 28.7 Å². The monoisotopic (exact) mass is 379 g/mol. The van der Waals surface area contributed by atoms with E-state index in [2.05, 4.69) is 15.9 Å². The molecule has 1 fully saturated rings. The van der Waals surface area contributed by atoms with Gasteiger partial charge in [-0.1, -0.05) is 22.9 Å². The molecule has 1 aliphatic heterocycles. The van der Waals surface area contributed by atoms with Gasteiger partial charge in [-0.15, -0.1) is 11.8 Å². The van der Waals surface area contributed by atoms with Crippen LogP contribution in [-0.4, -0.2) is 41.0 Å². The van der Waals surface area contributed by atoms with Gasteiger partial charge in [0, 0.05) is 10.2 Å². The van der Waals surface area contributed by atoms with Gasteiger partial charge in [0.05, 0.1) is 10.3 Å². The predicted octanol–water partition coefficient (Wildman–Crippen LogP) is 2.38. The molecule has 110 valence electrons. The lowest BCUT2D eigenvalue weighted by molar-refractivity contribution is -0.140. The zero-order valence-corrected chi connectivity index (χ0v) is 13.9.